The molecule has 6 heteroatoms. The van der Waals surface area contributed by atoms with Crippen molar-refractivity contribution in [3.8, 4) is 11.5 Å². The molecule has 25 heavy (non-hydrogen) atoms. The van der Waals surface area contributed by atoms with Crippen molar-refractivity contribution < 1.29 is 14.3 Å². The summed E-state index contributed by atoms with van der Waals surface area (Å²) in [6.07, 6.45) is 6.08. The number of fused-ring (bicyclic) bond motifs is 2. The highest BCUT2D eigenvalue weighted by molar-refractivity contribution is 5.85. The second-order valence-electron chi connectivity index (χ2n) is 7.14. The van der Waals surface area contributed by atoms with Crippen LogP contribution in [0.15, 0.2) is 18.2 Å². The zero-order chi connectivity index (χ0) is 17.1. The molecule has 0 radical (unpaired) electrons. The number of carbonyl (C=O) groups is 1. The number of ether oxygens (including phenoxy) is 2. The Morgan fingerprint density at radius 2 is 1.80 bits per heavy atom. The Labute approximate surface area is 156 Å². The van der Waals surface area contributed by atoms with Crippen LogP contribution in [0.2, 0.25) is 0 Å². The maximum absolute atomic E-state index is 12.5. The summed E-state index contributed by atoms with van der Waals surface area (Å²) < 4.78 is 10.6. The Morgan fingerprint density at radius 3 is 2.40 bits per heavy atom. The smallest absolute Gasteiger partial charge is 0.224 e. The monoisotopic (exact) mass is 368 g/mol. The number of hydrogen-bond acceptors (Lipinski definition) is 4. The largest absolute Gasteiger partial charge is 0.493 e. The number of benzene rings is 1. The minimum Gasteiger partial charge on any atom is -0.493 e. The summed E-state index contributed by atoms with van der Waals surface area (Å²) in [5.41, 5.74) is 7.10. The van der Waals surface area contributed by atoms with Crippen LogP contribution in [0.1, 0.15) is 37.7 Å². The van der Waals surface area contributed by atoms with Crippen molar-refractivity contribution in [2.45, 2.75) is 50.6 Å². The van der Waals surface area contributed by atoms with E-state index in [1.54, 1.807) is 14.2 Å². The first-order chi connectivity index (χ1) is 11.6. The highest BCUT2D eigenvalue weighted by atomic mass is 35.5. The van der Waals surface area contributed by atoms with E-state index in [0.717, 1.165) is 18.4 Å². The average Bonchev–Trinajstić information content (AvgIpc) is 2.55. The van der Waals surface area contributed by atoms with Crippen molar-refractivity contribution in [1.29, 1.82) is 0 Å². The molecule has 1 amide bonds. The quantitative estimate of drug-likeness (QED) is 0.838. The third-order valence-electron chi connectivity index (χ3n) is 5.52. The first kappa shape index (κ1) is 19.9. The maximum Gasteiger partial charge on any atom is 0.224 e. The van der Waals surface area contributed by atoms with E-state index in [0.29, 0.717) is 41.8 Å². The molecule has 0 spiro atoms. The number of hydrogen-bond donors (Lipinski definition) is 2. The number of rotatable bonds is 5. The van der Waals surface area contributed by atoms with Crippen molar-refractivity contribution in [3.05, 3.63) is 23.8 Å². The molecule has 0 aromatic heterocycles. The van der Waals surface area contributed by atoms with Gasteiger partial charge in [0.1, 0.15) is 0 Å². The molecule has 1 aromatic rings. The molecule has 3 N–H and O–H groups in total. The summed E-state index contributed by atoms with van der Waals surface area (Å²) in [4.78, 5) is 12.5. The van der Waals surface area contributed by atoms with Crippen molar-refractivity contribution in [2.24, 2.45) is 17.6 Å². The van der Waals surface area contributed by atoms with Gasteiger partial charge in [-0.05, 0) is 55.2 Å². The molecule has 0 saturated heterocycles. The van der Waals surface area contributed by atoms with E-state index < -0.39 is 0 Å². The fraction of sp³-hybridized carbons (Fsp3) is 0.632. The van der Waals surface area contributed by atoms with Gasteiger partial charge in [-0.15, -0.1) is 12.4 Å². The normalized spacial score (nSPS) is 27.8. The number of nitrogens with two attached hydrogens (primary N) is 1. The van der Waals surface area contributed by atoms with Crippen LogP contribution in [0.3, 0.4) is 0 Å². The Hall–Kier alpha value is -1.46. The number of nitrogens with one attached hydrogen (secondary N) is 1. The molecular weight excluding hydrogens is 340 g/mol. The lowest BCUT2D eigenvalue weighted by Gasteiger charge is -2.45. The predicted molar refractivity (Wildman–Crippen MR) is 100 cm³/mol. The topological polar surface area (TPSA) is 73.6 Å². The molecule has 140 valence electrons. The fourth-order valence-corrected chi connectivity index (χ4v) is 4.44. The first-order valence-corrected chi connectivity index (χ1v) is 8.86. The molecule has 2 aliphatic rings. The van der Waals surface area contributed by atoms with Crippen molar-refractivity contribution in [1.82, 2.24) is 5.32 Å². The van der Waals surface area contributed by atoms with E-state index in [1.807, 2.05) is 18.2 Å². The van der Waals surface area contributed by atoms with Gasteiger partial charge in [-0.2, -0.15) is 0 Å². The first-order valence-electron chi connectivity index (χ1n) is 8.86. The van der Waals surface area contributed by atoms with Crippen LogP contribution < -0.4 is 20.5 Å². The summed E-state index contributed by atoms with van der Waals surface area (Å²) in [7, 11) is 3.21. The molecule has 2 aliphatic carbocycles. The Bertz CT molecular complexity index is 582. The Balaban J connectivity index is 0.00000225. The van der Waals surface area contributed by atoms with Crippen LogP contribution in [0.4, 0.5) is 0 Å². The third-order valence-corrected chi connectivity index (χ3v) is 5.52. The molecule has 0 heterocycles. The van der Waals surface area contributed by atoms with Gasteiger partial charge in [0.05, 0.1) is 20.6 Å². The molecular formula is C19H29ClN2O3. The lowest BCUT2D eigenvalue weighted by molar-refractivity contribution is -0.122. The summed E-state index contributed by atoms with van der Waals surface area (Å²) in [6, 6.07) is 6.23. The van der Waals surface area contributed by atoms with Crippen LogP contribution in [0, 0.1) is 11.8 Å². The Morgan fingerprint density at radius 1 is 1.16 bits per heavy atom. The van der Waals surface area contributed by atoms with Crippen LogP contribution >= 0.6 is 12.4 Å². The standard InChI is InChI=1S/C19H28N2O3.ClH/c1-23-16-7-6-12(8-17(16)24-2)9-18(22)21-19-13-4-3-5-14(19)11-15(20)10-13;/h6-8,13-15,19H,3-5,9-11,20H2,1-2H3,(H,21,22);1H. The SMILES string of the molecule is COc1ccc(CC(=O)NC2C3CCCC2CC(N)C3)cc1OC.Cl. The van der Waals surface area contributed by atoms with Crippen LogP contribution in [0.25, 0.3) is 0 Å². The second kappa shape index (κ2) is 8.77. The van der Waals surface area contributed by atoms with Gasteiger partial charge in [0.15, 0.2) is 11.5 Å². The van der Waals surface area contributed by atoms with Gasteiger partial charge < -0.3 is 20.5 Å². The molecule has 3 rings (SSSR count). The molecule has 1 aromatic carbocycles. The van der Waals surface area contributed by atoms with Crippen LogP contribution in [0.5, 0.6) is 11.5 Å². The van der Waals surface area contributed by atoms with Gasteiger partial charge >= 0.3 is 0 Å². The molecule has 2 bridgehead atoms. The highest BCUT2D eigenvalue weighted by Gasteiger charge is 2.39. The zero-order valence-corrected chi connectivity index (χ0v) is 15.8. The van der Waals surface area contributed by atoms with Gasteiger partial charge in [0.25, 0.3) is 0 Å². The van der Waals surface area contributed by atoms with Gasteiger partial charge in [0.2, 0.25) is 5.91 Å². The van der Waals surface area contributed by atoms with E-state index >= 15 is 0 Å². The number of halogens is 1. The van der Waals surface area contributed by atoms with Gasteiger partial charge in [-0.1, -0.05) is 12.5 Å². The number of amides is 1. The zero-order valence-electron chi connectivity index (χ0n) is 15.0. The van der Waals surface area contributed by atoms with Crippen LogP contribution in [-0.2, 0) is 11.2 Å². The minimum atomic E-state index is 0. The van der Waals surface area contributed by atoms with Crippen molar-refractivity contribution in [2.75, 3.05) is 14.2 Å². The molecule has 2 atom stereocenters. The van der Waals surface area contributed by atoms with Gasteiger partial charge in [-0.25, -0.2) is 0 Å². The van der Waals surface area contributed by atoms with E-state index in [9.17, 15) is 4.79 Å². The van der Waals surface area contributed by atoms with E-state index in [4.69, 9.17) is 15.2 Å². The van der Waals surface area contributed by atoms with Gasteiger partial charge in [-0.3, -0.25) is 4.79 Å². The highest BCUT2D eigenvalue weighted by Crippen LogP contribution is 2.39. The Kier molecular flexibility index (Phi) is 6.96. The average molecular weight is 369 g/mol. The summed E-state index contributed by atoms with van der Waals surface area (Å²) in [6.45, 7) is 0. The molecule has 2 unspecified atom stereocenters. The van der Waals surface area contributed by atoms with E-state index in [-0.39, 0.29) is 18.3 Å². The molecule has 2 saturated carbocycles. The summed E-state index contributed by atoms with van der Waals surface area (Å²) in [5, 5.41) is 3.29. The lowest BCUT2D eigenvalue weighted by Crippen LogP contribution is -2.54. The van der Waals surface area contributed by atoms with Crippen LogP contribution in [-0.4, -0.2) is 32.2 Å². The maximum atomic E-state index is 12.5. The summed E-state index contributed by atoms with van der Waals surface area (Å²) >= 11 is 0. The molecule has 0 aliphatic heterocycles. The lowest BCUT2D eigenvalue weighted by atomic mass is 9.67. The second-order valence-corrected chi connectivity index (χ2v) is 7.14. The predicted octanol–water partition coefficient (Wildman–Crippen LogP) is 2.69. The van der Waals surface area contributed by atoms with E-state index in [2.05, 4.69) is 5.32 Å². The minimum absolute atomic E-state index is 0. The molecule has 5 nitrogen and oxygen atoms in total. The number of carbonyl (C=O) groups excluding carboxylic acids is 1. The molecule has 2 fully saturated rings. The third kappa shape index (κ3) is 4.59. The number of methoxy groups -OCH3 is 2. The van der Waals surface area contributed by atoms with Gasteiger partial charge in [0, 0.05) is 12.1 Å². The summed E-state index contributed by atoms with van der Waals surface area (Å²) in [5.74, 6) is 2.50. The van der Waals surface area contributed by atoms with E-state index in [1.165, 1.54) is 19.3 Å². The van der Waals surface area contributed by atoms with Crippen molar-refractivity contribution >= 4 is 18.3 Å². The fourth-order valence-electron chi connectivity index (χ4n) is 4.44. The van der Waals surface area contributed by atoms with Crippen molar-refractivity contribution in [3.63, 3.8) is 0 Å².